The SMILES string of the molecule is CCCCCCCCC(O[Si](C)(C)C(C)(C)C)c1ccc2ccc(C)nc2c1. The van der Waals surface area contributed by atoms with Crippen LogP contribution in [0.5, 0.6) is 0 Å². The Bertz CT molecular complexity index is 748. The van der Waals surface area contributed by atoms with Crippen LogP contribution in [0.25, 0.3) is 10.9 Å². The molecule has 2 aromatic rings. The number of hydrogen-bond donors (Lipinski definition) is 0. The number of aromatic nitrogens is 1. The molecule has 0 bridgehead atoms. The molecule has 2 rings (SSSR count). The molecule has 1 aromatic carbocycles. The van der Waals surface area contributed by atoms with E-state index in [1.54, 1.807) is 0 Å². The first-order chi connectivity index (χ1) is 13.1. The van der Waals surface area contributed by atoms with Gasteiger partial charge >= 0.3 is 0 Å². The van der Waals surface area contributed by atoms with Crippen LogP contribution in [0.15, 0.2) is 30.3 Å². The Morgan fingerprint density at radius 2 is 1.61 bits per heavy atom. The van der Waals surface area contributed by atoms with Gasteiger partial charge < -0.3 is 4.43 Å². The average molecular weight is 400 g/mol. The molecule has 0 spiro atoms. The maximum Gasteiger partial charge on any atom is 0.192 e. The van der Waals surface area contributed by atoms with Gasteiger partial charge in [-0.3, -0.25) is 4.98 Å². The number of pyridine rings is 1. The van der Waals surface area contributed by atoms with Crippen LogP contribution >= 0.6 is 0 Å². The average Bonchev–Trinajstić information content (AvgIpc) is 2.62. The van der Waals surface area contributed by atoms with E-state index in [0.717, 1.165) is 17.6 Å². The topological polar surface area (TPSA) is 22.1 Å². The lowest BCUT2D eigenvalue weighted by molar-refractivity contribution is 0.169. The largest absolute Gasteiger partial charge is 0.410 e. The summed E-state index contributed by atoms with van der Waals surface area (Å²) in [5.74, 6) is 0. The lowest BCUT2D eigenvalue weighted by Crippen LogP contribution is -2.41. The van der Waals surface area contributed by atoms with E-state index >= 15 is 0 Å². The molecular formula is C25H41NOSi. The number of fused-ring (bicyclic) bond motifs is 1. The minimum absolute atomic E-state index is 0.179. The van der Waals surface area contributed by atoms with Crippen LogP contribution in [0.2, 0.25) is 18.1 Å². The second-order valence-electron chi connectivity index (χ2n) is 9.83. The highest BCUT2D eigenvalue weighted by Crippen LogP contribution is 2.41. The molecule has 0 fully saturated rings. The van der Waals surface area contributed by atoms with E-state index in [4.69, 9.17) is 9.41 Å². The molecule has 0 radical (unpaired) electrons. The van der Waals surface area contributed by atoms with Crippen LogP contribution < -0.4 is 0 Å². The van der Waals surface area contributed by atoms with Gasteiger partial charge in [0.2, 0.25) is 0 Å². The molecule has 0 N–H and O–H groups in total. The summed E-state index contributed by atoms with van der Waals surface area (Å²) in [5, 5.41) is 1.43. The molecular weight excluding hydrogens is 358 g/mol. The Balaban J connectivity index is 2.19. The predicted octanol–water partition coefficient (Wildman–Crippen LogP) is 8.36. The minimum atomic E-state index is -1.83. The molecule has 1 atom stereocenters. The first-order valence-corrected chi connectivity index (χ1v) is 14.1. The smallest absolute Gasteiger partial charge is 0.192 e. The van der Waals surface area contributed by atoms with Crippen molar-refractivity contribution < 1.29 is 4.43 Å². The second-order valence-corrected chi connectivity index (χ2v) is 14.6. The van der Waals surface area contributed by atoms with Crippen molar-refractivity contribution >= 4 is 19.2 Å². The molecule has 28 heavy (non-hydrogen) atoms. The number of unbranched alkanes of at least 4 members (excludes halogenated alkanes) is 5. The van der Waals surface area contributed by atoms with E-state index in [1.807, 2.05) is 0 Å². The number of nitrogens with zero attached hydrogens (tertiary/aromatic N) is 1. The van der Waals surface area contributed by atoms with Gasteiger partial charge in [-0.1, -0.05) is 84.4 Å². The van der Waals surface area contributed by atoms with Crippen molar-refractivity contribution in [3.8, 4) is 0 Å². The lowest BCUT2D eigenvalue weighted by Gasteiger charge is -2.39. The molecule has 0 aliphatic carbocycles. The Morgan fingerprint density at radius 1 is 0.964 bits per heavy atom. The molecule has 0 saturated carbocycles. The number of rotatable bonds is 10. The van der Waals surface area contributed by atoms with E-state index in [0.29, 0.717) is 0 Å². The van der Waals surface area contributed by atoms with Gasteiger partial charge in [0.1, 0.15) is 0 Å². The van der Waals surface area contributed by atoms with Crippen LogP contribution in [-0.2, 0) is 4.43 Å². The fraction of sp³-hybridized carbons (Fsp3) is 0.640. The van der Waals surface area contributed by atoms with Crippen molar-refractivity contribution in [2.45, 2.75) is 104 Å². The van der Waals surface area contributed by atoms with Crippen molar-refractivity contribution in [1.29, 1.82) is 0 Å². The Morgan fingerprint density at radius 3 is 2.29 bits per heavy atom. The van der Waals surface area contributed by atoms with Gasteiger partial charge in [0.15, 0.2) is 8.32 Å². The first-order valence-electron chi connectivity index (χ1n) is 11.2. The van der Waals surface area contributed by atoms with Crippen LogP contribution in [-0.4, -0.2) is 13.3 Å². The molecule has 1 unspecified atom stereocenters. The predicted molar refractivity (Wildman–Crippen MR) is 125 cm³/mol. The van der Waals surface area contributed by atoms with Crippen molar-refractivity contribution in [1.82, 2.24) is 4.98 Å². The third-order valence-corrected chi connectivity index (χ3v) is 10.8. The molecule has 0 aliphatic heterocycles. The maximum absolute atomic E-state index is 6.91. The summed E-state index contributed by atoms with van der Waals surface area (Å²) < 4.78 is 6.91. The van der Waals surface area contributed by atoms with Crippen molar-refractivity contribution in [3.05, 3.63) is 41.6 Å². The highest BCUT2D eigenvalue weighted by atomic mass is 28.4. The molecule has 1 aromatic heterocycles. The van der Waals surface area contributed by atoms with E-state index in [2.05, 4.69) is 78.0 Å². The molecule has 3 heteroatoms. The van der Waals surface area contributed by atoms with E-state index in [-0.39, 0.29) is 11.1 Å². The van der Waals surface area contributed by atoms with Gasteiger partial charge in [-0.05, 0) is 49.2 Å². The standard InChI is InChI=1S/C25H41NOSi/c1-8-9-10-11-12-13-14-24(27-28(6,7)25(3,4)5)22-18-17-21-16-15-20(2)26-23(21)19-22/h15-19,24H,8-14H2,1-7H3. The van der Waals surface area contributed by atoms with Crippen LogP contribution in [0.1, 0.15) is 90.0 Å². The summed E-state index contributed by atoms with van der Waals surface area (Å²) in [4.78, 5) is 4.75. The Hall–Kier alpha value is -1.19. The van der Waals surface area contributed by atoms with Crippen molar-refractivity contribution in [2.24, 2.45) is 0 Å². The van der Waals surface area contributed by atoms with Crippen molar-refractivity contribution in [2.75, 3.05) is 0 Å². The summed E-state index contributed by atoms with van der Waals surface area (Å²) >= 11 is 0. The summed E-state index contributed by atoms with van der Waals surface area (Å²) in [6.45, 7) is 16.0. The lowest BCUT2D eigenvalue weighted by atomic mass is 10.0. The van der Waals surface area contributed by atoms with Crippen LogP contribution in [0.4, 0.5) is 0 Å². The Kier molecular flexibility index (Phi) is 8.26. The zero-order valence-electron chi connectivity index (χ0n) is 19.3. The number of aryl methyl sites for hydroxylation is 1. The molecule has 0 saturated heterocycles. The van der Waals surface area contributed by atoms with E-state index in [1.165, 1.54) is 49.5 Å². The molecule has 0 amide bonds. The highest BCUT2D eigenvalue weighted by molar-refractivity contribution is 6.74. The third kappa shape index (κ3) is 6.42. The fourth-order valence-corrected chi connectivity index (χ4v) is 4.69. The van der Waals surface area contributed by atoms with Crippen LogP contribution in [0.3, 0.4) is 0 Å². The molecule has 156 valence electrons. The minimum Gasteiger partial charge on any atom is -0.410 e. The van der Waals surface area contributed by atoms with Gasteiger partial charge in [0, 0.05) is 11.1 Å². The first kappa shape index (κ1) is 23.1. The van der Waals surface area contributed by atoms with Gasteiger partial charge in [0.05, 0.1) is 11.6 Å². The maximum atomic E-state index is 6.91. The quantitative estimate of drug-likeness (QED) is 0.296. The van der Waals surface area contributed by atoms with Gasteiger partial charge in [-0.25, -0.2) is 0 Å². The van der Waals surface area contributed by atoms with Crippen LogP contribution in [0, 0.1) is 6.92 Å². The van der Waals surface area contributed by atoms with Gasteiger partial charge in [-0.2, -0.15) is 0 Å². The zero-order chi connectivity index (χ0) is 20.8. The zero-order valence-corrected chi connectivity index (χ0v) is 20.3. The van der Waals surface area contributed by atoms with E-state index < -0.39 is 8.32 Å². The van der Waals surface area contributed by atoms with Gasteiger partial charge in [-0.15, -0.1) is 0 Å². The van der Waals surface area contributed by atoms with Gasteiger partial charge in [0.25, 0.3) is 0 Å². The molecule has 2 nitrogen and oxygen atoms in total. The number of benzene rings is 1. The van der Waals surface area contributed by atoms with Crippen molar-refractivity contribution in [3.63, 3.8) is 0 Å². The summed E-state index contributed by atoms with van der Waals surface area (Å²) in [5.41, 5.74) is 3.45. The highest BCUT2D eigenvalue weighted by Gasteiger charge is 2.39. The number of hydrogen-bond acceptors (Lipinski definition) is 2. The summed E-state index contributed by atoms with van der Waals surface area (Å²) in [6, 6.07) is 11.0. The second kappa shape index (κ2) is 10.0. The molecule has 0 aliphatic rings. The summed E-state index contributed by atoms with van der Waals surface area (Å²) in [7, 11) is -1.83. The monoisotopic (exact) mass is 399 g/mol. The third-order valence-electron chi connectivity index (χ3n) is 6.29. The van der Waals surface area contributed by atoms with E-state index in [9.17, 15) is 0 Å². The summed E-state index contributed by atoms with van der Waals surface area (Å²) in [6.07, 6.45) is 9.21. The normalized spacial score (nSPS) is 13.8. The fourth-order valence-electron chi connectivity index (χ4n) is 3.37. The molecule has 1 heterocycles. The Labute approximate surface area is 174 Å².